The Kier molecular flexibility index (Phi) is 4.67. The number of rotatable bonds is 1. The van der Waals surface area contributed by atoms with Gasteiger partial charge in [0.2, 0.25) is 0 Å². The summed E-state index contributed by atoms with van der Waals surface area (Å²) in [6.45, 7) is 7.87. The molecule has 1 aliphatic heterocycles. The lowest BCUT2D eigenvalue weighted by atomic mass is 11.8. The molecule has 9 heteroatoms. The van der Waals surface area contributed by atoms with Crippen LogP contribution >= 0.6 is 0 Å². The number of hydrogen-bond acceptors (Lipinski definition) is 5. The maximum absolute atomic E-state index is 5.77. The van der Waals surface area contributed by atoms with E-state index in [1.165, 1.54) is 0 Å². The van der Waals surface area contributed by atoms with Gasteiger partial charge in [0.05, 0.1) is 0 Å². The third-order valence-corrected chi connectivity index (χ3v) is 14.9. The lowest BCUT2D eigenvalue weighted by molar-refractivity contribution is 0.174. The van der Waals surface area contributed by atoms with Crippen LogP contribution in [0.1, 0.15) is 0 Å². The summed E-state index contributed by atoms with van der Waals surface area (Å²) >= 11 is 0. The standard InChI is InChI=1S/C5H18O5Si4/c1-6-14(5)9-12(3)7-11(2)8-13(4)10-14/h11-13H,1-5H3. The summed E-state index contributed by atoms with van der Waals surface area (Å²) in [5, 5.41) is 0. The van der Waals surface area contributed by atoms with Gasteiger partial charge in [-0.2, -0.15) is 0 Å². The van der Waals surface area contributed by atoms with Gasteiger partial charge in [0.1, 0.15) is 0 Å². The summed E-state index contributed by atoms with van der Waals surface area (Å²) in [5.41, 5.74) is 0. The molecule has 0 aromatic heterocycles. The van der Waals surface area contributed by atoms with Crippen molar-refractivity contribution < 1.29 is 20.9 Å². The first-order valence-electron chi connectivity index (χ1n) is 4.67. The van der Waals surface area contributed by atoms with Gasteiger partial charge in [0, 0.05) is 13.7 Å². The van der Waals surface area contributed by atoms with Crippen LogP contribution in [-0.4, -0.2) is 43.8 Å². The van der Waals surface area contributed by atoms with Crippen LogP contribution in [0.4, 0.5) is 0 Å². The van der Waals surface area contributed by atoms with E-state index in [4.69, 9.17) is 20.9 Å². The van der Waals surface area contributed by atoms with Gasteiger partial charge >= 0.3 is 27.4 Å². The molecule has 0 amide bonds. The highest BCUT2D eigenvalue weighted by atomic mass is 28.5. The molecule has 0 saturated carbocycles. The predicted octanol–water partition coefficient (Wildman–Crippen LogP) is -0.168. The molecule has 84 valence electrons. The molecule has 5 nitrogen and oxygen atoms in total. The van der Waals surface area contributed by atoms with E-state index in [1.54, 1.807) is 7.11 Å². The van der Waals surface area contributed by atoms with E-state index in [1.807, 2.05) is 26.2 Å². The third kappa shape index (κ3) is 3.67. The first kappa shape index (κ1) is 12.7. The van der Waals surface area contributed by atoms with E-state index in [0.29, 0.717) is 0 Å². The zero-order valence-corrected chi connectivity index (χ0v) is 13.7. The van der Waals surface area contributed by atoms with Gasteiger partial charge < -0.3 is 20.9 Å². The van der Waals surface area contributed by atoms with Crippen molar-refractivity contribution in [3.8, 4) is 0 Å². The van der Waals surface area contributed by atoms with Crippen LogP contribution in [0.5, 0.6) is 0 Å². The fraction of sp³-hybridized carbons (Fsp3) is 1.00. The van der Waals surface area contributed by atoms with Crippen molar-refractivity contribution in [1.82, 2.24) is 0 Å². The van der Waals surface area contributed by atoms with Gasteiger partial charge in [-0.25, -0.2) is 0 Å². The van der Waals surface area contributed by atoms with Crippen molar-refractivity contribution in [1.29, 1.82) is 0 Å². The van der Waals surface area contributed by atoms with Crippen LogP contribution in [-0.2, 0) is 20.9 Å². The molecule has 0 aliphatic carbocycles. The zero-order chi connectivity index (χ0) is 10.8. The SMILES string of the molecule is CO[Si]1(C)O[SiH](C)O[SiH](C)O[SiH](C)O1. The first-order chi connectivity index (χ1) is 6.45. The van der Waals surface area contributed by atoms with Crippen LogP contribution in [0.3, 0.4) is 0 Å². The predicted molar refractivity (Wildman–Crippen MR) is 62.0 cm³/mol. The van der Waals surface area contributed by atoms with Crippen molar-refractivity contribution in [2.24, 2.45) is 0 Å². The molecule has 0 N–H and O–H groups in total. The van der Waals surface area contributed by atoms with E-state index in [9.17, 15) is 0 Å². The van der Waals surface area contributed by atoms with Crippen LogP contribution < -0.4 is 0 Å². The Morgan fingerprint density at radius 1 is 0.929 bits per heavy atom. The molecule has 0 bridgehead atoms. The Morgan fingerprint density at radius 2 is 1.36 bits per heavy atom. The van der Waals surface area contributed by atoms with Crippen LogP contribution in [0.25, 0.3) is 0 Å². The van der Waals surface area contributed by atoms with Gasteiger partial charge in [0.25, 0.3) is 9.28 Å². The Labute approximate surface area is 91.2 Å². The highest BCUT2D eigenvalue weighted by molar-refractivity contribution is 6.77. The largest absolute Gasteiger partial charge is 0.479 e. The minimum atomic E-state index is -2.45. The summed E-state index contributed by atoms with van der Waals surface area (Å²) in [5.74, 6) is 0. The summed E-state index contributed by atoms with van der Waals surface area (Å²) in [4.78, 5) is 0. The number of hydrogen-bond donors (Lipinski definition) is 0. The monoisotopic (exact) mass is 270 g/mol. The highest BCUT2D eigenvalue weighted by Crippen LogP contribution is 2.16. The topological polar surface area (TPSA) is 46.2 Å². The molecule has 1 aliphatic rings. The van der Waals surface area contributed by atoms with Gasteiger partial charge in [0.15, 0.2) is 0 Å². The maximum Gasteiger partial charge on any atom is 0.479 e. The Bertz CT molecular complexity index is 179. The van der Waals surface area contributed by atoms with Crippen LogP contribution in [0, 0.1) is 0 Å². The molecule has 0 aromatic rings. The Balaban J connectivity index is 2.65. The third-order valence-electron chi connectivity index (χ3n) is 1.90. The van der Waals surface area contributed by atoms with Crippen molar-refractivity contribution in [3.05, 3.63) is 0 Å². The molecule has 1 heterocycles. The average molecular weight is 271 g/mol. The maximum atomic E-state index is 5.77. The van der Waals surface area contributed by atoms with Crippen LogP contribution in [0.15, 0.2) is 0 Å². The van der Waals surface area contributed by atoms with E-state index in [2.05, 4.69) is 0 Å². The summed E-state index contributed by atoms with van der Waals surface area (Å²) in [6.07, 6.45) is 0. The second-order valence-electron chi connectivity index (χ2n) is 3.28. The van der Waals surface area contributed by atoms with Gasteiger partial charge in [-0.1, -0.05) is 0 Å². The molecule has 1 fully saturated rings. The Morgan fingerprint density at radius 3 is 1.71 bits per heavy atom. The smallest absolute Gasteiger partial charge is 0.420 e. The summed E-state index contributed by atoms with van der Waals surface area (Å²) in [6, 6.07) is 0. The Hall–Kier alpha value is 0.668. The molecule has 1 saturated heterocycles. The van der Waals surface area contributed by atoms with E-state index in [-0.39, 0.29) is 0 Å². The van der Waals surface area contributed by atoms with E-state index in [0.717, 1.165) is 0 Å². The van der Waals surface area contributed by atoms with Crippen molar-refractivity contribution in [3.63, 3.8) is 0 Å². The minimum Gasteiger partial charge on any atom is -0.420 e. The van der Waals surface area contributed by atoms with Crippen molar-refractivity contribution in [2.45, 2.75) is 26.2 Å². The fourth-order valence-corrected chi connectivity index (χ4v) is 14.3. The minimum absolute atomic E-state index is 1.51. The molecular formula is C5H18O5Si4. The lowest BCUT2D eigenvalue weighted by Crippen LogP contribution is -2.54. The zero-order valence-electron chi connectivity index (χ0n) is 9.27. The van der Waals surface area contributed by atoms with Crippen LogP contribution in [0.2, 0.25) is 26.2 Å². The molecule has 0 spiro atoms. The molecule has 0 radical (unpaired) electrons. The molecule has 2 unspecified atom stereocenters. The second-order valence-corrected chi connectivity index (χ2v) is 12.9. The normalized spacial score (nSPS) is 45.6. The first-order valence-corrected chi connectivity index (χ1v) is 13.2. The summed E-state index contributed by atoms with van der Waals surface area (Å²) < 4.78 is 28.3. The van der Waals surface area contributed by atoms with Crippen molar-refractivity contribution in [2.75, 3.05) is 7.11 Å². The fourth-order valence-electron chi connectivity index (χ4n) is 1.35. The van der Waals surface area contributed by atoms with Gasteiger partial charge in [-0.15, -0.1) is 0 Å². The van der Waals surface area contributed by atoms with E-state index < -0.39 is 36.7 Å². The lowest BCUT2D eigenvalue weighted by Gasteiger charge is -2.34. The van der Waals surface area contributed by atoms with Gasteiger partial charge in [-0.3, -0.25) is 0 Å². The molecule has 2 atom stereocenters. The van der Waals surface area contributed by atoms with Crippen molar-refractivity contribution >= 4 is 36.7 Å². The molecule has 14 heavy (non-hydrogen) atoms. The second kappa shape index (κ2) is 5.13. The molecule has 1 rings (SSSR count). The molecule has 0 aromatic carbocycles. The van der Waals surface area contributed by atoms with Gasteiger partial charge in [-0.05, 0) is 19.6 Å². The highest BCUT2D eigenvalue weighted by Gasteiger charge is 2.41. The average Bonchev–Trinajstić information content (AvgIpc) is 2.00. The quantitative estimate of drug-likeness (QED) is 0.619. The van der Waals surface area contributed by atoms with E-state index >= 15 is 0 Å². The summed E-state index contributed by atoms with van der Waals surface area (Å²) in [7, 11) is -5.60. The molecular weight excluding hydrogens is 252 g/mol.